The van der Waals surface area contributed by atoms with Gasteiger partial charge in [-0.3, -0.25) is 0 Å². The molecular weight excluding hydrogens is 268 g/mol. The van der Waals surface area contributed by atoms with E-state index in [9.17, 15) is 9.90 Å². The number of hydrogen-bond donors (Lipinski definition) is 3. The Hall–Kier alpha value is -1.75. The molecule has 3 N–H and O–H groups in total. The van der Waals surface area contributed by atoms with Crippen LogP contribution in [0.4, 0.5) is 10.5 Å². The summed E-state index contributed by atoms with van der Waals surface area (Å²) in [5.74, 6) is 0.912. The number of carbonyl (C=O) groups is 1. The van der Waals surface area contributed by atoms with Gasteiger partial charge in [-0.2, -0.15) is 0 Å². The number of anilines is 1. The quantitative estimate of drug-likeness (QED) is 0.783. The molecule has 114 valence electrons. The Labute approximate surface area is 124 Å². The standard InChI is InChI=1S/C16H22N2O3/c19-14-6-2-1-5-13(14)18-16(20)17-12-7-8-15-11(10-12)4-3-9-21-15/h7-8,10,13-14,19H,1-6,9H2,(H2,17,18,20). The SMILES string of the molecule is O=C(Nc1ccc2c(c1)CCCO2)NC1CCCCC1O. The maximum absolute atomic E-state index is 12.0. The summed E-state index contributed by atoms with van der Waals surface area (Å²) < 4.78 is 5.56. The average Bonchev–Trinajstić information content (AvgIpc) is 2.49. The minimum atomic E-state index is -0.429. The molecule has 0 saturated heterocycles. The summed E-state index contributed by atoms with van der Waals surface area (Å²) in [5, 5.41) is 15.6. The number of ether oxygens (including phenoxy) is 1. The van der Waals surface area contributed by atoms with Crippen LogP contribution in [-0.2, 0) is 6.42 Å². The number of nitrogens with one attached hydrogen (secondary N) is 2. The van der Waals surface area contributed by atoms with Gasteiger partial charge in [0.2, 0.25) is 0 Å². The predicted molar refractivity (Wildman–Crippen MR) is 80.7 cm³/mol. The lowest BCUT2D eigenvalue weighted by Crippen LogP contribution is -2.46. The normalized spacial score (nSPS) is 24.6. The molecule has 1 aromatic rings. The van der Waals surface area contributed by atoms with E-state index >= 15 is 0 Å². The maximum Gasteiger partial charge on any atom is 0.319 e. The van der Waals surface area contributed by atoms with Crippen LogP contribution < -0.4 is 15.4 Å². The van der Waals surface area contributed by atoms with Gasteiger partial charge in [-0.05, 0) is 49.4 Å². The predicted octanol–water partition coefficient (Wildman–Crippen LogP) is 2.44. The first-order valence-corrected chi connectivity index (χ1v) is 7.74. The van der Waals surface area contributed by atoms with Gasteiger partial charge in [0, 0.05) is 5.69 Å². The van der Waals surface area contributed by atoms with Gasteiger partial charge in [-0.15, -0.1) is 0 Å². The second kappa shape index (κ2) is 6.35. The number of aliphatic hydroxyl groups excluding tert-OH is 1. The minimum absolute atomic E-state index is 0.139. The van der Waals surface area contributed by atoms with Gasteiger partial charge in [0.05, 0.1) is 18.8 Å². The summed E-state index contributed by atoms with van der Waals surface area (Å²) in [5.41, 5.74) is 1.90. The van der Waals surface area contributed by atoms with Crippen LogP contribution in [0.15, 0.2) is 18.2 Å². The summed E-state index contributed by atoms with van der Waals surface area (Å²) in [6.45, 7) is 0.764. The van der Waals surface area contributed by atoms with Crippen LogP contribution in [0.5, 0.6) is 5.75 Å². The smallest absolute Gasteiger partial charge is 0.319 e. The molecule has 0 radical (unpaired) electrons. The third-order valence-corrected chi connectivity index (χ3v) is 4.21. The number of urea groups is 1. The number of rotatable bonds is 2. The Morgan fingerprint density at radius 1 is 1.24 bits per heavy atom. The first-order chi connectivity index (χ1) is 10.2. The Morgan fingerprint density at radius 3 is 2.95 bits per heavy atom. The van der Waals surface area contributed by atoms with Crippen LogP contribution in [-0.4, -0.2) is 29.9 Å². The van der Waals surface area contributed by atoms with Gasteiger partial charge in [0.15, 0.2) is 0 Å². The van der Waals surface area contributed by atoms with E-state index in [1.54, 1.807) is 0 Å². The molecule has 1 aliphatic heterocycles. The summed E-state index contributed by atoms with van der Waals surface area (Å²) in [4.78, 5) is 12.0. The molecule has 2 amide bonds. The Morgan fingerprint density at radius 2 is 2.10 bits per heavy atom. The Bertz CT molecular complexity index is 518. The lowest BCUT2D eigenvalue weighted by atomic mass is 9.93. The summed E-state index contributed by atoms with van der Waals surface area (Å²) in [6, 6.07) is 5.32. The largest absolute Gasteiger partial charge is 0.493 e. The van der Waals surface area contributed by atoms with E-state index in [0.717, 1.165) is 62.1 Å². The molecule has 0 spiro atoms. The van der Waals surface area contributed by atoms with E-state index in [-0.39, 0.29) is 12.1 Å². The van der Waals surface area contributed by atoms with Crippen molar-refractivity contribution in [1.29, 1.82) is 0 Å². The molecule has 3 rings (SSSR count). The van der Waals surface area contributed by atoms with Crippen molar-refractivity contribution < 1.29 is 14.6 Å². The fourth-order valence-corrected chi connectivity index (χ4v) is 3.05. The summed E-state index contributed by atoms with van der Waals surface area (Å²) in [7, 11) is 0. The molecule has 2 aliphatic rings. The summed E-state index contributed by atoms with van der Waals surface area (Å²) >= 11 is 0. The van der Waals surface area contributed by atoms with Crippen molar-refractivity contribution in [2.75, 3.05) is 11.9 Å². The molecule has 0 aromatic heterocycles. The molecule has 5 nitrogen and oxygen atoms in total. The molecule has 5 heteroatoms. The van der Waals surface area contributed by atoms with E-state index in [2.05, 4.69) is 10.6 Å². The molecule has 1 aromatic carbocycles. The number of fused-ring (bicyclic) bond motifs is 1. The van der Waals surface area contributed by atoms with E-state index in [1.807, 2.05) is 18.2 Å². The van der Waals surface area contributed by atoms with E-state index in [1.165, 1.54) is 0 Å². The molecule has 1 fully saturated rings. The van der Waals surface area contributed by atoms with Crippen molar-refractivity contribution in [1.82, 2.24) is 5.32 Å². The second-order valence-corrected chi connectivity index (χ2v) is 5.83. The van der Waals surface area contributed by atoms with Crippen molar-refractivity contribution in [2.24, 2.45) is 0 Å². The van der Waals surface area contributed by atoms with Gasteiger partial charge in [-0.25, -0.2) is 4.79 Å². The van der Waals surface area contributed by atoms with Crippen LogP contribution in [0, 0.1) is 0 Å². The van der Waals surface area contributed by atoms with E-state index in [4.69, 9.17) is 4.74 Å². The highest BCUT2D eigenvalue weighted by atomic mass is 16.5. The van der Waals surface area contributed by atoms with Crippen LogP contribution in [0.1, 0.15) is 37.7 Å². The van der Waals surface area contributed by atoms with Gasteiger partial charge in [0.25, 0.3) is 0 Å². The monoisotopic (exact) mass is 290 g/mol. The van der Waals surface area contributed by atoms with Gasteiger partial charge < -0.3 is 20.5 Å². The van der Waals surface area contributed by atoms with Crippen molar-refractivity contribution in [2.45, 2.75) is 50.7 Å². The first kappa shape index (κ1) is 14.2. The van der Waals surface area contributed by atoms with E-state index in [0.29, 0.717) is 0 Å². The van der Waals surface area contributed by atoms with Crippen molar-refractivity contribution in [3.8, 4) is 5.75 Å². The molecule has 0 bridgehead atoms. The third kappa shape index (κ3) is 3.47. The molecule has 1 aliphatic carbocycles. The van der Waals surface area contributed by atoms with Crippen molar-refractivity contribution in [3.63, 3.8) is 0 Å². The molecular formula is C16H22N2O3. The Balaban J connectivity index is 1.59. The molecule has 1 heterocycles. The van der Waals surface area contributed by atoms with Gasteiger partial charge in [0.1, 0.15) is 5.75 Å². The number of aliphatic hydroxyl groups is 1. The van der Waals surface area contributed by atoms with Crippen LogP contribution in [0.25, 0.3) is 0 Å². The number of benzene rings is 1. The fraction of sp³-hybridized carbons (Fsp3) is 0.562. The van der Waals surface area contributed by atoms with E-state index < -0.39 is 6.10 Å². The Kier molecular flexibility index (Phi) is 4.29. The molecule has 2 atom stereocenters. The first-order valence-electron chi connectivity index (χ1n) is 7.74. The number of hydrogen-bond acceptors (Lipinski definition) is 3. The molecule has 2 unspecified atom stereocenters. The zero-order valence-corrected chi connectivity index (χ0v) is 12.1. The molecule has 1 saturated carbocycles. The number of carbonyl (C=O) groups excluding carboxylic acids is 1. The average molecular weight is 290 g/mol. The highest BCUT2D eigenvalue weighted by Crippen LogP contribution is 2.27. The zero-order valence-electron chi connectivity index (χ0n) is 12.1. The van der Waals surface area contributed by atoms with Crippen LogP contribution in [0.3, 0.4) is 0 Å². The zero-order chi connectivity index (χ0) is 14.7. The highest BCUT2D eigenvalue weighted by Gasteiger charge is 2.24. The lowest BCUT2D eigenvalue weighted by Gasteiger charge is -2.28. The lowest BCUT2D eigenvalue weighted by molar-refractivity contribution is 0.0955. The number of amides is 2. The third-order valence-electron chi connectivity index (χ3n) is 4.21. The second-order valence-electron chi connectivity index (χ2n) is 5.83. The summed E-state index contributed by atoms with van der Waals surface area (Å²) in [6.07, 6.45) is 5.25. The van der Waals surface area contributed by atoms with Crippen molar-refractivity contribution >= 4 is 11.7 Å². The van der Waals surface area contributed by atoms with Gasteiger partial charge in [-0.1, -0.05) is 12.8 Å². The topological polar surface area (TPSA) is 70.6 Å². The highest BCUT2D eigenvalue weighted by molar-refractivity contribution is 5.89. The number of aryl methyl sites for hydroxylation is 1. The molecule has 21 heavy (non-hydrogen) atoms. The van der Waals surface area contributed by atoms with Crippen LogP contribution >= 0.6 is 0 Å². The van der Waals surface area contributed by atoms with Crippen molar-refractivity contribution in [3.05, 3.63) is 23.8 Å². The van der Waals surface area contributed by atoms with Gasteiger partial charge >= 0.3 is 6.03 Å². The fourth-order valence-electron chi connectivity index (χ4n) is 3.05. The van der Waals surface area contributed by atoms with Crippen LogP contribution in [0.2, 0.25) is 0 Å². The maximum atomic E-state index is 12.0. The minimum Gasteiger partial charge on any atom is -0.493 e.